The second-order valence-electron chi connectivity index (χ2n) is 4.81. The van der Waals surface area contributed by atoms with E-state index in [1.807, 2.05) is 12.1 Å². The summed E-state index contributed by atoms with van der Waals surface area (Å²) in [6.45, 7) is 2.20. The Morgan fingerprint density at radius 3 is 3.05 bits per heavy atom. The van der Waals surface area contributed by atoms with Crippen LogP contribution >= 0.6 is 0 Å². The van der Waals surface area contributed by atoms with Crippen LogP contribution in [0.3, 0.4) is 0 Å². The van der Waals surface area contributed by atoms with E-state index in [1.54, 1.807) is 14.2 Å². The molecule has 0 saturated carbocycles. The summed E-state index contributed by atoms with van der Waals surface area (Å²) < 4.78 is 15.8. The number of nitrogens with zero attached hydrogens (tertiary/aromatic N) is 1. The number of rotatable bonds is 6. The molecule has 5 nitrogen and oxygen atoms in total. The van der Waals surface area contributed by atoms with Crippen LogP contribution in [0.1, 0.15) is 16.8 Å². The average Bonchev–Trinajstić information content (AvgIpc) is 3.02. The van der Waals surface area contributed by atoms with Crippen LogP contribution in [-0.2, 0) is 17.7 Å². The number of aromatic nitrogens is 1. The molecule has 20 heavy (non-hydrogen) atoms. The van der Waals surface area contributed by atoms with Gasteiger partial charge >= 0.3 is 0 Å². The smallest absolute Gasteiger partial charge is 0.171 e. The Bertz CT molecular complexity index is 607. The molecule has 0 spiro atoms. The van der Waals surface area contributed by atoms with E-state index in [1.165, 1.54) is 11.1 Å². The highest BCUT2D eigenvalue weighted by Crippen LogP contribution is 2.40. The lowest BCUT2D eigenvalue weighted by molar-refractivity contribution is 0.199. The summed E-state index contributed by atoms with van der Waals surface area (Å²) in [7, 11) is 3.36. The molecule has 0 bridgehead atoms. The maximum absolute atomic E-state index is 5.51. The van der Waals surface area contributed by atoms with Crippen LogP contribution in [0.4, 0.5) is 0 Å². The SMILES string of the molecule is COCCNCc1noc2c1Cc1ccc(OC)cc1-2. The molecule has 0 fully saturated rings. The molecule has 0 saturated heterocycles. The fourth-order valence-electron chi connectivity index (χ4n) is 2.49. The summed E-state index contributed by atoms with van der Waals surface area (Å²) in [5.41, 5.74) is 4.51. The zero-order valence-electron chi connectivity index (χ0n) is 11.7. The highest BCUT2D eigenvalue weighted by atomic mass is 16.5. The third kappa shape index (κ3) is 2.30. The van der Waals surface area contributed by atoms with Gasteiger partial charge in [0.15, 0.2) is 5.76 Å². The zero-order chi connectivity index (χ0) is 13.9. The first-order valence-corrected chi connectivity index (χ1v) is 6.68. The van der Waals surface area contributed by atoms with E-state index in [4.69, 9.17) is 14.0 Å². The Balaban J connectivity index is 1.79. The molecule has 1 aromatic heterocycles. The van der Waals surface area contributed by atoms with Crippen LogP contribution in [0.15, 0.2) is 22.7 Å². The van der Waals surface area contributed by atoms with E-state index < -0.39 is 0 Å². The second-order valence-corrected chi connectivity index (χ2v) is 4.81. The number of methoxy groups -OCH3 is 2. The predicted molar refractivity (Wildman–Crippen MR) is 74.9 cm³/mol. The first-order chi connectivity index (χ1) is 9.83. The number of fused-ring (bicyclic) bond motifs is 3. The standard InChI is InChI=1S/C15H18N2O3/c1-18-6-5-16-9-14-13-7-10-3-4-11(19-2)8-12(10)15(13)20-17-14/h3-4,8,16H,5-7,9H2,1-2H3. The van der Waals surface area contributed by atoms with Crippen molar-refractivity contribution in [2.24, 2.45) is 0 Å². The van der Waals surface area contributed by atoms with Gasteiger partial charge in [0.25, 0.3) is 0 Å². The highest BCUT2D eigenvalue weighted by Gasteiger charge is 2.26. The lowest BCUT2D eigenvalue weighted by Crippen LogP contribution is -2.19. The fourth-order valence-corrected chi connectivity index (χ4v) is 2.49. The monoisotopic (exact) mass is 274 g/mol. The number of benzene rings is 1. The summed E-state index contributed by atoms with van der Waals surface area (Å²) in [5, 5.41) is 7.47. The van der Waals surface area contributed by atoms with Gasteiger partial charge in [0.1, 0.15) is 11.4 Å². The van der Waals surface area contributed by atoms with Gasteiger partial charge in [0, 0.05) is 37.7 Å². The minimum Gasteiger partial charge on any atom is -0.497 e. The van der Waals surface area contributed by atoms with Crippen molar-refractivity contribution in [2.45, 2.75) is 13.0 Å². The second kappa shape index (κ2) is 5.64. The van der Waals surface area contributed by atoms with Gasteiger partial charge < -0.3 is 19.3 Å². The van der Waals surface area contributed by atoms with Gasteiger partial charge in [-0.3, -0.25) is 0 Å². The Hall–Kier alpha value is -1.85. The topological polar surface area (TPSA) is 56.5 Å². The molecular formula is C15H18N2O3. The molecule has 0 radical (unpaired) electrons. The number of nitrogens with one attached hydrogen (secondary N) is 1. The van der Waals surface area contributed by atoms with Crippen LogP contribution in [0, 0.1) is 0 Å². The summed E-state index contributed by atoms with van der Waals surface area (Å²) >= 11 is 0. The van der Waals surface area contributed by atoms with Gasteiger partial charge in [-0.2, -0.15) is 0 Å². The summed E-state index contributed by atoms with van der Waals surface area (Å²) in [4.78, 5) is 0. The normalized spacial score (nSPS) is 12.3. The third-order valence-corrected chi connectivity index (χ3v) is 3.57. The first-order valence-electron chi connectivity index (χ1n) is 6.68. The highest BCUT2D eigenvalue weighted by molar-refractivity contribution is 5.74. The van der Waals surface area contributed by atoms with Gasteiger partial charge in [0.05, 0.1) is 13.7 Å². The van der Waals surface area contributed by atoms with Crippen LogP contribution in [0.5, 0.6) is 5.75 Å². The molecule has 1 aliphatic carbocycles. The van der Waals surface area contributed by atoms with Crippen molar-refractivity contribution in [3.05, 3.63) is 35.0 Å². The lowest BCUT2D eigenvalue weighted by Gasteiger charge is -2.03. The van der Waals surface area contributed by atoms with Crippen LogP contribution < -0.4 is 10.1 Å². The van der Waals surface area contributed by atoms with Crippen LogP contribution in [0.25, 0.3) is 11.3 Å². The van der Waals surface area contributed by atoms with Crippen molar-refractivity contribution < 1.29 is 14.0 Å². The van der Waals surface area contributed by atoms with Crippen molar-refractivity contribution in [1.82, 2.24) is 10.5 Å². The number of hydrogen-bond donors (Lipinski definition) is 1. The molecule has 0 unspecified atom stereocenters. The van der Waals surface area contributed by atoms with Crippen molar-refractivity contribution in [1.29, 1.82) is 0 Å². The van der Waals surface area contributed by atoms with E-state index in [-0.39, 0.29) is 0 Å². The maximum atomic E-state index is 5.51. The third-order valence-electron chi connectivity index (χ3n) is 3.57. The first kappa shape index (κ1) is 13.1. The van der Waals surface area contributed by atoms with E-state index in [2.05, 4.69) is 16.5 Å². The van der Waals surface area contributed by atoms with E-state index in [0.29, 0.717) is 13.2 Å². The Morgan fingerprint density at radius 1 is 1.35 bits per heavy atom. The van der Waals surface area contributed by atoms with Crippen molar-refractivity contribution >= 4 is 0 Å². The minimum atomic E-state index is 0.692. The lowest BCUT2D eigenvalue weighted by atomic mass is 10.1. The zero-order valence-corrected chi connectivity index (χ0v) is 11.7. The van der Waals surface area contributed by atoms with Gasteiger partial charge in [-0.25, -0.2) is 0 Å². The molecule has 0 aliphatic heterocycles. The molecule has 1 N–H and O–H groups in total. The molecule has 1 aromatic carbocycles. The molecule has 0 atom stereocenters. The molecule has 1 heterocycles. The quantitative estimate of drug-likeness (QED) is 0.697. The Kier molecular flexibility index (Phi) is 3.71. The number of hydrogen-bond acceptors (Lipinski definition) is 5. The average molecular weight is 274 g/mol. The van der Waals surface area contributed by atoms with E-state index in [9.17, 15) is 0 Å². The molecule has 1 aliphatic rings. The maximum Gasteiger partial charge on any atom is 0.171 e. The molecule has 3 rings (SSSR count). The van der Waals surface area contributed by atoms with Gasteiger partial charge in [-0.15, -0.1) is 0 Å². The molecule has 5 heteroatoms. The number of ether oxygens (including phenoxy) is 2. The molecule has 2 aromatic rings. The van der Waals surface area contributed by atoms with Crippen molar-refractivity contribution in [2.75, 3.05) is 27.4 Å². The Morgan fingerprint density at radius 2 is 2.25 bits per heavy atom. The molecular weight excluding hydrogens is 256 g/mol. The fraction of sp³-hybridized carbons (Fsp3) is 0.400. The van der Waals surface area contributed by atoms with Gasteiger partial charge in [-0.1, -0.05) is 11.2 Å². The molecule has 0 amide bonds. The predicted octanol–water partition coefficient (Wildman–Crippen LogP) is 1.99. The van der Waals surface area contributed by atoms with E-state index >= 15 is 0 Å². The van der Waals surface area contributed by atoms with Gasteiger partial charge in [-0.05, 0) is 17.7 Å². The molecule has 106 valence electrons. The van der Waals surface area contributed by atoms with Crippen molar-refractivity contribution in [3.8, 4) is 17.1 Å². The van der Waals surface area contributed by atoms with Crippen LogP contribution in [-0.4, -0.2) is 32.5 Å². The Labute approximate surface area is 117 Å². The van der Waals surface area contributed by atoms with Crippen LogP contribution in [0.2, 0.25) is 0 Å². The summed E-state index contributed by atoms with van der Waals surface area (Å²) in [6, 6.07) is 6.08. The summed E-state index contributed by atoms with van der Waals surface area (Å²) in [5.74, 6) is 1.72. The van der Waals surface area contributed by atoms with E-state index in [0.717, 1.165) is 35.7 Å². The minimum absolute atomic E-state index is 0.692. The largest absolute Gasteiger partial charge is 0.497 e. The summed E-state index contributed by atoms with van der Waals surface area (Å²) in [6.07, 6.45) is 0.874. The van der Waals surface area contributed by atoms with Crippen molar-refractivity contribution in [3.63, 3.8) is 0 Å². The van der Waals surface area contributed by atoms with Gasteiger partial charge in [0.2, 0.25) is 0 Å².